The van der Waals surface area contributed by atoms with Crippen molar-refractivity contribution in [1.82, 2.24) is 19.8 Å². The van der Waals surface area contributed by atoms with Crippen molar-refractivity contribution in [3.8, 4) is 0 Å². The van der Waals surface area contributed by atoms with Gasteiger partial charge in [-0.25, -0.2) is 4.98 Å². The first kappa shape index (κ1) is 14.6. The van der Waals surface area contributed by atoms with E-state index < -0.39 is 5.54 Å². The Balaban J connectivity index is 1.90. The molecule has 6 heteroatoms. The fourth-order valence-corrected chi connectivity index (χ4v) is 2.59. The average molecular weight is 278 g/mol. The number of hydrogen-bond donors (Lipinski definition) is 1. The second kappa shape index (κ2) is 5.26. The number of nitrogens with zero attached hydrogens (tertiary/aromatic N) is 3. The molecule has 0 spiro atoms. The zero-order chi connectivity index (χ0) is 14.9. The zero-order valence-corrected chi connectivity index (χ0v) is 12.5. The van der Waals surface area contributed by atoms with E-state index >= 15 is 0 Å². The number of carbonyl (C=O) groups is 2. The van der Waals surface area contributed by atoms with Gasteiger partial charge < -0.3 is 14.8 Å². The van der Waals surface area contributed by atoms with Crippen LogP contribution >= 0.6 is 0 Å². The molecule has 2 amide bonds. The summed E-state index contributed by atoms with van der Waals surface area (Å²) in [6.07, 6.45) is 4.60. The molecule has 2 heterocycles. The Bertz CT molecular complexity index is 521. The van der Waals surface area contributed by atoms with Gasteiger partial charge in [-0.15, -0.1) is 0 Å². The van der Waals surface area contributed by atoms with E-state index in [1.165, 1.54) is 0 Å². The number of hydrogen-bond acceptors (Lipinski definition) is 3. The van der Waals surface area contributed by atoms with Gasteiger partial charge in [0, 0.05) is 51.4 Å². The molecular weight excluding hydrogens is 256 g/mol. The van der Waals surface area contributed by atoms with Crippen molar-refractivity contribution in [2.45, 2.75) is 32.2 Å². The van der Waals surface area contributed by atoms with Crippen LogP contribution in [0.4, 0.5) is 0 Å². The molecule has 0 bridgehead atoms. The van der Waals surface area contributed by atoms with Gasteiger partial charge in [0.05, 0.1) is 5.92 Å². The van der Waals surface area contributed by atoms with Crippen LogP contribution in [0.5, 0.6) is 0 Å². The van der Waals surface area contributed by atoms with Gasteiger partial charge in [-0.05, 0) is 13.8 Å². The number of likely N-dealkylation sites (tertiary alicyclic amines) is 1. The Morgan fingerprint density at radius 3 is 2.70 bits per heavy atom. The number of rotatable bonds is 4. The summed E-state index contributed by atoms with van der Waals surface area (Å²) in [6.45, 7) is 4.40. The summed E-state index contributed by atoms with van der Waals surface area (Å²) in [4.78, 5) is 29.9. The first-order valence-corrected chi connectivity index (χ1v) is 6.84. The molecule has 1 aliphatic heterocycles. The highest BCUT2D eigenvalue weighted by Gasteiger charge is 2.47. The van der Waals surface area contributed by atoms with Gasteiger partial charge in [0.15, 0.2) is 0 Å². The largest absolute Gasteiger partial charge is 0.355 e. The maximum atomic E-state index is 12.2. The van der Waals surface area contributed by atoms with Gasteiger partial charge in [-0.1, -0.05) is 0 Å². The molecule has 0 aromatic carbocycles. The third-order valence-electron chi connectivity index (χ3n) is 4.36. The number of imidazole rings is 1. The Hall–Kier alpha value is -1.85. The van der Waals surface area contributed by atoms with Crippen molar-refractivity contribution in [2.24, 2.45) is 13.0 Å². The summed E-state index contributed by atoms with van der Waals surface area (Å²) >= 11 is 0. The first-order chi connectivity index (χ1) is 9.34. The van der Waals surface area contributed by atoms with Crippen LogP contribution < -0.4 is 5.32 Å². The summed E-state index contributed by atoms with van der Waals surface area (Å²) in [7, 11) is 3.68. The molecule has 0 saturated carbocycles. The van der Waals surface area contributed by atoms with Crippen molar-refractivity contribution in [3.05, 3.63) is 18.2 Å². The molecule has 1 aliphatic rings. The van der Waals surface area contributed by atoms with E-state index in [1.54, 1.807) is 18.1 Å². The molecule has 2 rings (SSSR count). The number of aromatic nitrogens is 2. The van der Waals surface area contributed by atoms with Crippen LogP contribution in [0.25, 0.3) is 0 Å². The molecule has 1 aromatic heterocycles. The summed E-state index contributed by atoms with van der Waals surface area (Å²) < 4.78 is 1.93. The zero-order valence-electron chi connectivity index (χ0n) is 12.5. The van der Waals surface area contributed by atoms with Crippen molar-refractivity contribution in [3.63, 3.8) is 0 Å². The molecule has 1 saturated heterocycles. The lowest BCUT2D eigenvalue weighted by molar-refractivity contribution is -0.128. The second-order valence-corrected chi connectivity index (χ2v) is 5.86. The summed E-state index contributed by atoms with van der Waals surface area (Å²) in [5.74, 6) is 0.617. The molecule has 1 N–H and O–H groups in total. The highest BCUT2D eigenvalue weighted by Crippen LogP contribution is 2.34. The molecule has 6 nitrogen and oxygen atoms in total. The SMILES string of the molecule is CN1C(=O)C[C@H](C(=O)NCCc2nccn2C)C1(C)C. The molecule has 1 atom stereocenters. The summed E-state index contributed by atoms with van der Waals surface area (Å²) in [5.41, 5.74) is -0.426. The van der Waals surface area contributed by atoms with E-state index in [1.807, 2.05) is 31.7 Å². The van der Waals surface area contributed by atoms with Crippen molar-refractivity contribution in [1.29, 1.82) is 0 Å². The fourth-order valence-electron chi connectivity index (χ4n) is 2.59. The third kappa shape index (κ3) is 2.55. The van der Waals surface area contributed by atoms with E-state index in [0.717, 1.165) is 5.82 Å². The monoisotopic (exact) mass is 278 g/mol. The quantitative estimate of drug-likeness (QED) is 0.863. The van der Waals surface area contributed by atoms with Crippen LogP contribution in [0, 0.1) is 5.92 Å². The van der Waals surface area contributed by atoms with Crippen LogP contribution in [0.1, 0.15) is 26.1 Å². The Labute approximate surface area is 119 Å². The van der Waals surface area contributed by atoms with Crippen molar-refractivity contribution >= 4 is 11.8 Å². The van der Waals surface area contributed by atoms with E-state index in [-0.39, 0.29) is 24.2 Å². The molecule has 0 unspecified atom stereocenters. The minimum absolute atomic E-state index is 0.0271. The van der Waals surface area contributed by atoms with E-state index in [2.05, 4.69) is 10.3 Å². The smallest absolute Gasteiger partial charge is 0.226 e. The predicted molar refractivity (Wildman–Crippen MR) is 74.9 cm³/mol. The van der Waals surface area contributed by atoms with Gasteiger partial charge in [-0.2, -0.15) is 0 Å². The maximum Gasteiger partial charge on any atom is 0.226 e. The van der Waals surface area contributed by atoms with E-state index in [0.29, 0.717) is 13.0 Å². The van der Waals surface area contributed by atoms with Crippen LogP contribution in [-0.2, 0) is 23.1 Å². The van der Waals surface area contributed by atoms with Crippen molar-refractivity contribution in [2.75, 3.05) is 13.6 Å². The summed E-state index contributed by atoms with van der Waals surface area (Å²) in [6, 6.07) is 0. The fraction of sp³-hybridized carbons (Fsp3) is 0.643. The topological polar surface area (TPSA) is 67.2 Å². The van der Waals surface area contributed by atoms with E-state index in [4.69, 9.17) is 0 Å². The minimum atomic E-state index is -0.426. The lowest BCUT2D eigenvalue weighted by Gasteiger charge is -2.32. The normalized spacial score (nSPS) is 21.3. The van der Waals surface area contributed by atoms with Crippen LogP contribution in [-0.4, -0.2) is 45.4 Å². The first-order valence-electron chi connectivity index (χ1n) is 6.84. The molecule has 110 valence electrons. The average Bonchev–Trinajstić information content (AvgIpc) is 2.87. The Morgan fingerprint density at radius 1 is 1.50 bits per heavy atom. The van der Waals surface area contributed by atoms with Crippen LogP contribution in [0.15, 0.2) is 12.4 Å². The van der Waals surface area contributed by atoms with Gasteiger partial charge in [0.2, 0.25) is 11.8 Å². The molecule has 0 aliphatic carbocycles. The van der Waals surface area contributed by atoms with Gasteiger partial charge in [-0.3, -0.25) is 9.59 Å². The Kier molecular flexibility index (Phi) is 3.83. The van der Waals surface area contributed by atoms with Crippen LogP contribution in [0.2, 0.25) is 0 Å². The number of carbonyl (C=O) groups excluding carboxylic acids is 2. The van der Waals surface area contributed by atoms with Gasteiger partial charge in [0.1, 0.15) is 5.82 Å². The molecular formula is C14H22N4O2. The lowest BCUT2D eigenvalue weighted by atomic mass is 9.88. The maximum absolute atomic E-state index is 12.2. The minimum Gasteiger partial charge on any atom is -0.355 e. The standard InChI is InChI=1S/C14H22N4O2/c1-14(2)10(9-12(19)18(14)4)13(20)16-6-5-11-15-7-8-17(11)3/h7-8,10H,5-6,9H2,1-4H3,(H,16,20)/t10-/m1/s1. The third-order valence-corrected chi connectivity index (χ3v) is 4.36. The second-order valence-electron chi connectivity index (χ2n) is 5.86. The van der Waals surface area contributed by atoms with Crippen molar-refractivity contribution < 1.29 is 9.59 Å². The number of amides is 2. The molecule has 1 aromatic rings. The molecule has 20 heavy (non-hydrogen) atoms. The van der Waals surface area contributed by atoms with Gasteiger partial charge >= 0.3 is 0 Å². The predicted octanol–water partition coefficient (Wildman–Crippen LogP) is 0.336. The molecule has 1 fully saturated rings. The number of aryl methyl sites for hydroxylation is 1. The van der Waals surface area contributed by atoms with E-state index in [9.17, 15) is 9.59 Å². The lowest BCUT2D eigenvalue weighted by Crippen LogP contribution is -2.47. The highest BCUT2D eigenvalue weighted by atomic mass is 16.2. The highest BCUT2D eigenvalue weighted by molar-refractivity contribution is 5.90. The molecule has 0 radical (unpaired) electrons. The van der Waals surface area contributed by atoms with Crippen LogP contribution in [0.3, 0.4) is 0 Å². The van der Waals surface area contributed by atoms with Gasteiger partial charge in [0.25, 0.3) is 0 Å². The summed E-state index contributed by atoms with van der Waals surface area (Å²) in [5, 5.41) is 2.92. The number of nitrogens with one attached hydrogen (secondary N) is 1. The Morgan fingerprint density at radius 2 is 2.20 bits per heavy atom.